The maximum Gasteiger partial charge on any atom is 0.274 e. The molecule has 4 nitrogen and oxygen atoms in total. The first-order valence-electron chi connectivity index (χ1n) is 6.99. The van der Waals surface area contributed by atoms with Crippen molar-refractivity contribution < 1.29 is 0 Å². The first-order valence-corrected chi connectivity index (χ1v) is 6.99. The second-order valence-corrected chi connectivity index (χ2v) is 5.48. The van der Waals surface area contributed by atoms with E-state index in [1.807, 2.05) is 6.07 Å². The van der Waals surface area contributed by atoms with E-state index >= 15 is 0 Å². The quantitative estimate of drug-likeness (QED) is 0.841. The Balaban J connectivity index is 1.95. The summed E-state index contributed by atoms with van der Waals surface area (Å²) in [5.74, 6) is 0.595. The van der Waals surface area contributed by atoms with Crippen LogP contribution >= 0.6 is 0 Å². The molecule has 2 aromatic rings. The van der Waals surface area contributed by atoms with E-state index in [1.165, 1.54) is 32.1 Å². The van der Waals surface area contributed by atoms with Gasteiger partial charge in [0.1, 0.15) is 0 Å². The number of aromatic nitrogens is 2. The van der Waals surface area contributed by atoms with Crippen LogP contribution in [0.1, 0.15) is 32.1 Å². The van der Waals surface area contributed by atoms with Crippen LogP contribution in [0.3, 0.4) is 0 Å². The van der Waals surface area contributed by atoms with Crippen LogP contribution in [0.2, 0.25) is 0 Å². The lowest BCUT2D eigenvalue weighted by atomic mass is 9.89. The molecule has 1 saturated carbocycles. The first-order chi connectivity index (χ1) is 9.24. The highest BCUT2D eigenvalue weighted by molar-refractivity contribution is 5.83. The molecule has 0 aliphatic heterocycles. The summed E-state index contributed by atoms with van der Waals surface area (Å²) in [6, 6.07) is 5.40. The van der Waals surface area contributed by atoms with Gasteiger partial charge in [-0.15, -0.1) is 0 Å². The maximum atomic E-state index is 12.4. The Morgan fingerprint density at radius 1 is 1.26 bits per heavy atom. The average molecular weight is 257 g/mol. The summed E-state index contributed by atoms with van der Waals surface area (Å²) in [7, 11) is 0. The summed E-state index contributed by atoms with van der Waals surface area (Å²) in [4.78, 5) is 12.4. The SMILES string of the molecule is Nc1ccc2cnn(CC3CCCCC3)c(=O)c2c1. The number of nitrogen functional groups attached to an aromatic ring is 1. The van der Waals surface area contributed by atoms with Crippen LogP contribution in [0.5, 0.6) is 0 Å². The molecule has 0 unspecified atom stereocenters. The fraction of sp³-hybridized carbons (Fsp3) is 0.467. The molecule has 1 aromatic carbocycles. The fourth-order valence-corrected chi connectivity index (χ4v) is 2.94. The minimum absolute atomic E-state index is 0.0182. The van der Waals surface area contributed by atoms with Crippen molar-refractivity contribution in [2.45, 2.75) is 38.6 Å². The zero-order valence-electron chi connectivity index (χ0n) is 11.0. The molecule has 1 aliphatic rings. The van der Waals surface area contributed by atoms with Crippen LogP contribution in [0.25, 0.3) is 10.8 Å². The number of hydrogen-bond donors (Lipinski definition) is 1. The van der Waals surface area contributed by atoms with Gasteiger partial charge < -0.3 is 5.73 Å². The van der Waals surface area contributed by atoms with Gasteiger partial charge in [-0.1, -0.05) is 25.3 Å². The van der Waals surface area contributed by atoms with Gasteiger partial charge in [0.25, 0.3) is 5.56 Å². The van der Waals surface area contributed by atoms with E-state index in [0.717, 1.165) is 11.9 Å². The Kier molecular flexibility index (Phi) is 3.23. The molecular formula is C15H19N3O. The van der Waals surface area contributed by atoms with Crippen LogP contribution in [0.15, 0.2) is 29.2 Å². The molecule has 1 aromatic heterocycles. The Hall–Kier alpha value is -1.84. The summed E-state index contributed by atoms with van der Waals surface area (Å²) in [6.07, 6.45) is 8.07. The van der Waals surface area contributed by atoms with E-state index in [4.69, 9.17) is 5.73 Å². The third-order valence-electron chi connectivity index (χ3n) is 4.03. The monoisotopic (exact) mass is 257 g/mol. The van der Waals surface area contributed by atoms with E-state index in [-0.39, 0.29) is 5.56 Å². The molecule has 0 radical (unpaired) electrons. The van der Waals surface area contributed by atoms with Crippen molar-refractivity contribution in [2.24, 2.45) is 5.92 Å². The first kappa shape index (κ1) is 12.2. The molecule has 2 N–H and O–H groups in total. The molecule has 100 valence electrons. The number of anilines is 1. The highest BCUT2D eigenvalue weighted by atomic mass is 16.1. The summed E-state index contributed by atoms with van der Waals surface area (Å²) in [5, 5.41) is 5.83. The molecule has 3 rings (SSSR count). The highest BCUT2D eigenvalue weighted by Gasteiger charge is 2.15. The minimum atomic E-state index is -0.0182. The van der Waals surface area contributed by atoms with Gasteiger partial charge in [-0.05, 0) is 30.9 Å². The van der Waals surface area contributed by atoms with E-state index in [9.17, 15) is 4.79 Å². The summed E-state index contributed by atoms with van der Waals surface area (Å²) in [5.41, 5.74) is 6.37. The smallest absolute Gasteiger partial charge is 0.274 e. The third kappa shape index (κ3) is 2.48. The van der Waals surface area contributed by atoms with Crippen molar-refractivity contribution >= 4 is 16.5 Å². The van der Waals surface area contributed by atoms with Crippen molar-refractivity contribution in [1.29, 1.82) is 0 Å². The number of benzene rings is 1. The lowest BCUT2D eigenvalue weighted by Crippen LogP contribution is -2.27. The highest BCUT2D eigenvalue weighted by Crippen LogP contribution is 2.24. The van der Waals surface area contributed by atoms with Crippen molar-refractivity contribution in [3.8, 4) is 0 Å². The summed E-state index contributed by atoms with van der Waals surface area (Å²) >= 11 is 0. The van der Waals surface area contributed by atoms with Gasteiger partial charge in [0, 0.05) is 17.6 Å². The van der Waals surface area contributed by atoms with Crippen LogP contribution in [0, 0.1) is 5.92 Å². The van der Waals surface area contributed by atoms with E-state index in [2.05, 4.69) is 5.10 Å². The predicted molar refractivity (Wildman–Crippen MR) is 77.0 cm³/mol. The summed E-state index contributed by atoms with van der Waals surface area (Å²) < 4.78 is 1.61. The molecule has 0 bridgehead atoms. The molecule has 19 heavy (non-hydrogen) atoms. The van der Waals surface area contributed by atoms with Crippen LogP contribution < -0.4 is 11.3 Å². The molecule has 0 spiro atoms. The van der Waals surface area contributed by atoms with Gasteiger partial charge in [0.2, 0.25) is 0 Å². The number of rotatable bonds is 2. The normalized spacial score (nSPS) is 16.8. The molecule has 0 saturated heterocycles. The van der Waals surface area contributed by atoms with Gasteiger partial charge in [-0.2, -0.15) is 5.10 Å². The Bertz CT molecular complexity index is 641. The van der Waals surface area contributed by atoms with Crippen LogP contribution in [-0.4, -0.2) is 9.78 Å². The standard InChI is InChI=1S/C15H19N3O/c16-13-7-6-12-9-17-18(15(19)14(12)8-13)10-11-4-2-1-3-5-11/h6-9,11H,1-5,10,16H2. The predicted octanol–water partition coefficient (Wildman–Crippen LogP) is 2.56. The average Bonchev–Trinajstić information content (AvgIpc) is 2.44. The van der Waals surface area contributed by atoms with Crippen molar-refractivity contribution in [2.75, 3.05) is 5.73 Å². The van der Waals surface area contributed by atoms with Gasteiger partial charge in [-0.25, -0.2) is 4.68 Å². The molecule has 1 aliphatic carbocycles. The Morgan fingerprint density at radius 2 is 2.05 bits per heavy atom. The number of hydrogen-bond acceptors (Lipinski definition) is 3. The van der Waals surface area contributed by atoms with Gasteiger partial charge >= 0.3 is 0 Å². The van der Waals surface area contributed by atoms with Gasteiger partial charge in [0.15, 0.2) is 0 Å². The van der Waals surface area contributed by atoms with Crippen molar-refractivity contribution in [1.82, 2.24) is 9.78 Å². The lowest BCUT2D eigenvalue weighted by Gasteiger charge is -2.21. The maximum absolute atomic E-state index is 12.4. The molecule has 4 heteroatoms. The third-order valence-corrected chi connectivity index (χ3v) is 4.03. The topological polar surface area (TPSA) is 60.9 Å². The number of nitrogens with zero attached hydrogens (tertiary/aromatic N) is 2. The zero-order chi connectivity index (χ0) is 13.2. The fourth-order valence-electron chi connectivity index (χ4n) is 2.94. The largest absolute Gasteiger partial charge is 0.399 e. The van der Waals surface area contributed by atoms with Gasteiger partial charge in [-0.3, -0.25) is 4.79 Å². The number of nitrogens with two attached hydrogens (primary N) is 1. The van der Waals surface area contributed by atoms with Crippen LogP contribution in [-0.2, 0) is 6.54 Å². The minimum Gasteiger partial charge on any atom is -0.399 e. The molecular weight excluding hydrogens is 238 g/mol. The lowest BCUT2D eigenvalue weighted by molar-refractivity contribution is 0.303. The van der Waals surface area contributed by atoms with Gasteiger partial charge in [0.05, 0.1) is 11.6 Å². The van der Waals surface area contributed by atoms with Crippen LogP contribution in [0.4, 0.5) is 5.69 Å². The molecule has 1 heterocycles. The van der Waals surface area contributed by atoms with E-state index in [1.54, 1.807) is 23.0 Å². The zero-order valence-corrected chi connectivity index (χ0v) is 11.0. The number of fused-ring (bicyclic) bond motifs is 1. The van der Waals surface area contributed by atoms with E-state index in [0.29, 0.717) is 17.0 Å². The second kappa shape index (κ2) is 5.03. The molecule has 0 amide bonds. The Morgan fingerprint density at radius 3 is 2.84 bits per heavy atom. The summed E-state index contributed by atoms with van der Waals surface area (Å²) in [6.45, 7) is 0.740. The second-order valence-electron chi connectivity index (χ2n) is 5.48. The molecule has 1 fully saturated rings. The van der Waals surface area contributed by atoms with Crippen molar-refractivity contribution in [3.63, 3.8) is 0 Å². The van der Waals surface area contributed by atoms with Crippen molar-refractivity contribution in [3.05, 3.63) is 34.7 Å². The molecule has 0 atom stereocenters. The van der Waals surface area contributed by atoms with E-state index < -0.39 is 0 Å². The Labute approximate surface area is 112 Å².